The van der Waals surface area contributed by atoms with Crippen molar-refractivity contribution >= 4 is 29.4 Å². The number of amides is 1. The molecule has 7 nitrogen and oxygen atoms in total. The summed E-state index contributed by atoms with van der Waals surface area (Å²) in [6.45, 7) is 0.816. The maximum absolute atomic E-state index is 11.9. The van der Waals surface area contributed by atoms with Gasteiger partial charge >= 0.3 is 0 Å². The standard InChI is InChI=1S/C23H32N6OS/c24-20-8-4-5-9-21(20)27-15-19(23(26)30)22(25)29-17-10-12-18(13-11-17)31-28-14-16-6-2-1-3-7-16/h2,6-7,10-13,15,20-21,27-28H,1,3-5,8-9,14,24H2,(H2,25,29)(H2,26,30)/b19-15+/t20?,21-/m0/s1. The first kappa shape index (κ1) is 23.1. The Hall–Kier alpha value is -2.55. The summed E-state index contributed by atoms with van der Waals surface area (Å²) in [7, 11) is 0. The highest BCUT2D eigenvalue weighted by atomic mass is 32.2. The van der Waals surface area contributed by atoms with Gasteiger partial charge in [0.25, 0.3) is 5.91 Å². The minimum absolute atomic E-state index is 0.0427. The number of amidine groups is 1. The number of rotatable bonds is 9. The molecule has 1 aromatic carbocycles. The Balaban J connectivity index is 1.51. The van der Waals surface area contributed by atoms with Gasteiger partial charge in [-0.25, -0.2) is 0 Å². The maximum atomic E-state index is 11.9. The SMILES string of the molecule is N=C(Nc1ccc(SNCC2=CCCC=C2)cc1)/C(=C\N[C@H]1CCCCC1N)C(N)=O. The zero-order valence-electron chi connectivity index (χ0n) is 17.7. The molecule has 0 bridgehead atoms. The van der Waals surface area contributed by atoms with Gasteiger partial charge in [-0.2, -0.15) is 0 Å². The third-order valence-corrected chi connectivity index (χ3v) is 6.25. The van der Waals surface area contributed by atoms with Gasteiger partial charge in [0.2, 0.25) is 0 Å². The Bertz CT molecular complexity index is 861. The molecule has 8 N–H and O–H groups in total. The zero-order chi connectivity index (χ0) is 22.1. The average Bonchev–Trinajstić information content (AvgIpc) is 2.77. The molecule has 31 heavy (non-hydrogen) atoms. The number of hydrogen-bond donors (Lipinski definition) is 6. The molecule has 3 rings (SSSR count). The first-order valence-corrected chi connectivity index (χ1v) is 11.6. The highest BCUT2D eigenvalue weighted by Gasteiger charge is 2.21. The van der Waals surface area contributed by atoms with Crippen LogP contribution in [0.1, 0.15) is 38.5 Å². The van der Waals surface area contributed by atoms with Crippen LogP contribution in [-0.4, -0.2) is 30.4 Å². The Morgan fingerprint density at radius 2 is 1.97 bits per heavy atom. The summed E-state index contributed by atoms with van der Waals surface area (Å²) >= 11 is 1.56. The van der Waals surface area contributed by atoms with Crippen molar-refractivity contribution in [2.45, 2.75) is 55.5 Å². The van der Waals surface area contributed by atoms with E-state index in [0.717, 1.165) is 50.0 Å². The summed E-state index contributed by atoms with van der Waals surface area (Å²) in [5.74, 6) is -0.698. The van der Waals surface area contributed by atoms with E-state index in [-0.39, 0.29) is 23.5 Å². The average molecular weight is 441 g/mol. The van der Waals surface area contributed by atoms with Crippen molar-refractivity contribution < 1.29 is 4.79 Å². The molecule has 2 atom stereocenters. The van der Waals surface area contributed by atoms with Gasteiger partial charge in [-0.15, -0.1) is 0 Å². The highest BCUT2D eigenvalue weighted by Crippen LogP contribution is 2.20. The lowest BCUT2D eigenvalue weighted by atomic mass is 9.91. The molecule has 2 aliphatic rings. The predicted octanol–water partition coefficient (Wildman–Crippen LogP) is 3.18. The molecule has 0 saturated heterocycles. The number of nitrogens with one attached hydrogen (secondary N) is 4. The molecule has 1 fully saturated rings. The van der Waals surface area contributed by atoms with Crippen LogP contribution >= 0.6 is 11.9 Å². The summed E-state index contributed by atoms with van der Waals surface area (Å²) in [5, 5.41) is 14.4. The van der Waals surface area contributed by atoms with E-state index in [1.54, 1.807) is 11.9 Å². The fourth-order valence-electron chi connectivity index (χ4n) is 3.64. The molecule has 0 aromatic heterocycles. The maximum Gasteiger partial charge on any atom is 0.253 e. The van der Waals surface area contributed by atoms with E-state index < -0.39 is 5.91 Å². The summed E-state index contributed by atoms with van der Waals surface area (Å²) < 4.78 is 3.36. The van der Waals surface area contributed by atoms with Crippen molar-refractivity contribution in [2.24, 2.45) is 11.5 Å². The van der Waals surface area contributed by atoms with Crippen molar-refractivity contribution in [3.63, 3.8) is 0 Å². The van der Waals surface area contributed by atoms with Crippen LogP contribution in [0.5, 0.6) is 0 Å². The lowest BCUT2D eigenvalue weighted by Gasteiger charge is -2.29. The number of benzene rings is 1. The van der Waals surface area contributed by atoms with Crippen molar-refractivity contribution in [2.75, 3.05) is 11.9 Å². The van der Waals surface area contributed by atoms with Crippen LogP contribution in [0.4, 0.5) is 5.69 Å². The van der Waals surface area contributed by atoms with Gasteiger partial charge in [0.05, 0.1) is 5.57 Å². The smallest absolute Gasteiger partial charge is 0.253 e. The molecular weight excluding hydrogens is 408 g/mol. The minimum Gasteiger partial charge on any atom is -0.386 e. The third kappa shape index (κ3) is 7.27. The molecule has 0 heterocycles. The molecule has 2 aliphatic carbocycles. The Morgan fingerprint density at radius 1 is 1.19 bits per heavy atom. The van der Waals surface area contributed by atoms with Crippen LogP contribution in [0, 0.1) is 5.41 Å². The van der Waals surface area contributed by atoms with Crippen LogP contribution in [-0.2, 0) is 4.79 Å². The number of carbonyl (C=O) groups excluding carboxylic acids is 1. The summed E-state index contributed by atoms with van der Waals surface area (Å²) in [6, 6.07) is 7.82. The molecule has 1 unspecified atom stereocenters. The van der Waals surface area contributed by atoms with Gasteiger partial charge in [0.1, 0.15) is 5.84 Å². The number of carbonyl (C=O) groups is 1. The molecule has 0 spiro atoms. The van der Waals surface area contributed by atoms with E-state index in [4.69, 9.17) is 16.9 Å². The molecule has 166 valence electrons. The Labute approximate surface area is 188 Å². The quantitative estimate of drug-likeness (QED) is 0.151. The highest BCUT2D eigenvalue weighted by molar-refractivity contribution is 7.97. The van der Waals surface area contributed by atoms with Crippen molar-refractivity contribution in [3.8, 4) is 0 Å². The number of hydrogen-bond acceptors (Lipinski definition) is 6. The van der Waals surface area contributed by atoms with Gasteiger partial charge < -0.3 is 22.1 Å². The molecule has 0 radical (unpaired) electrons. The number of anilines is 1. The predicted molar refractivity (Wildman–Crippen MR) is 129 cm³/mol. The van der Waals surface area contributed by atoms with E-state index >= 15 is 0 Å². The van der Waals surface area contributed by atoms with Gasteiger partial charge in [-0.1, -0.05) is 31.1 Å². The van der Waals surface area contributed by atoms with Crippen molar-refractivity contribution in [1.82, 2.24) is 10.0 Å². The van der Waals surface area contributed by atoms with Crippen LogP contribution in [0.25, 0.3) is 0 Å². The number of nitrogens with two attached hydrogens (primary N) is 2. The van der Waals surface area contributed by atoms with Crippen molar-refractivity contribution in [3.05, 3.63) is 59.8 Å². The fraction of sp³-hybridized carbons (Fsp3) is 0.391. The van der Waals surface area contributed by atoms with Gasteiger partial charge in [-0.05, 0) is 67.5 Å². The minimum atomic E-state index is -0.656. The lowest BCUT2D eigenvalue weighted by molar-refractivity contribution is -0.114. The van der Waals surface area contributed by atoms with Crippen LogP contribution in [0.15, 0.2) is 64.7 Å². The third-order valence-electron chi connectivity index (χ3n) is 5.46. The first-order valence-electron chi connectivity index (χ1n) is 10.8. The molecule has 8 heteroatoms. The molecule has 0 aliphatic heterocycles. The van der Waals surface area contributed by atoms with E-state index in [2.05, 4.69) is 33.6 Å². The zero-order valence-corrected chi connectivity index (χ0v) is 18.5. The number of primary amides is 1. The van der Waals surface area contributed by atoms with Gasteiger partial charge in [0, 0.05) is 35.4 Å². The lowest BCUT2D eigenvalue weighted by Crippen LogP contribution is -2.45. The summed E-state index contributed by atoms with van der Waals surface area (Å²) in [6.07, 6.45) is 14.5. The second-order valence-electron chi connectivity index (χ2n) is 7.85. The van der Waals surface area contributed by atoms with Gasteiger partial charge in [0.15, 0.2) is 0 Å². The van der Waals surface area contributed by atoms with Crippen LogP contribution < -0.4 is 26.8 Å². The first-order chi connectivity index (χ1) is 15.0. The largest absolute Gasteiger partial charge is 0.386 e. The van der Waals surface area contributed by atoms with E-state index in [1.165, 1.54) is 11.8 Å². The van der Waals surface area contributed by atoms with Gasteiger partial charge in [-0.3, -0.25) is 14.9 Å². The normalized spacial score (nSPS) is 21.3. The van der Waals surface area contributed by atoms with Crippen LogP contribution in [0.2, 0.25) is 0 Å². The van der Waals surface area contributed by atoms with Crippen LogP contribution in [0.3, 0.4) is 0 Å². The second-order valence-corrected chi connectivity index (χ2v) is 8.81. The fourth-order valence-corrected chi connectivity index (χ4v) is 4.32. The second kappa shape index (κ2) is 11.7. The molecule has 1 amide bonds. The Morgan fingerprint density at radius 3 is 2.65 bits per heavy atom. The molecule has 1 aromatic rings. The Kier molecular flexibility index (Phi) is 8.75. The summed E-state index contributed by atoms with van der Waals surface area (Å²) in [4.78, 5) is 12.9. The number of allylic oxidation sites excluding steroid dienone is 2. The van der Waals surface area contributed by atoms with E-state index in [9.17, 15) is 4.79 Å². The van der Waals surface area contributed by atoms with E-state index in [0.29, 0.717) is 5.69 Å². The molecular formula is C23H32N6OS. The van der Waals surface area contributed by atoms with E-state index in [1.807, 2.05) is 24.3 Å². The molecule has 1 saturated carbocycles. The topological polar surface area (TPSA) is 129 Å². The summed E-state index contributed by atoms with van der Waals surface area (Å²) in [5.41, 5.74) is 13.8. The monoisotopic (exact) mass is 440 g/mol. The van der Waals surface area contributed by atoms with Crippen molar-refractivity contribution in [1.29, 1.82) is 5.41 Å².